The van der Waals surface area contributed by atoms with Crippen molar-refractivity contribution in [2.75, 3.05) is 44.9 Å². The number of β-amino-alcohol motifs (C(OH)–C–C–N with tert-alkyl or cyclic N) is 1. The smallest absolute Gasteiger partial charge is 0.319 e. The van der Waals surface area contributed by atoms with Crippen molar-refractivity contribution in [2.45, 2.75) is 101 Å². The van der Waals surface area contributed by atoms with Gasteiger partial charge in [0.05, 0.1) is 25.4 Å². The van der Waals surface area contributed by atoms with Gasteiger partial charge in [0.25, 0.3) is 0 Å². The van der Waals surface area contributed by atoms with E-state index in [0.29, 0.717) is 54.5 Å². The van der Waals surface area contributed by atoms with Crippen LogP contribution in [0.1, 0.15) is 83.2 Å². The summed E-state index contributed by atoms with van der Waals surface area (Å²) in [6, 6.07) is 7.09. The fourth-order valence-corrected chi connectivity index (χ4v) is 9.77. The summed E-state index contributed by atoms with van der Waals surface area (Å²) in [7, 11) is 1.47. The Morgan fingerprint density at radius 2 is 1.90 bits per heavy atom. The van der Waals surface area contributed by atoms with Gasteiger partial charge in [-0.3, -0.25) is 4.90 Å². The molecule has 3 unspecified atom stereocenters. The van der Waals surface area contributed by atoms with Crippen molar-refractivity contribution in [1.82, 2.24) is 20.2 Å². The van der Waals surface area contributed by atoms with E-state index in [1.807, 2.05) is 4.90 Å². The Labute approximate surface area is 297 Å². The van der Waals surface area contributed by atoms with Crippen LogP contribution in [0.25, 0.3) is 22.5 Å². The summed E-state index contributed by atoms with van der Waals surface area (Å²) < 4.78 is 50.9. The molecule has 1 saturated carbocycles. The number of halogens is 2. The normalized spacial score (nSPS) is 31.3. The first-order valence-electron chi connectivity index (χ1n) is 18.6. The summed E-state index contributed by atoms with van der Waals surface area (Å²) in [5, 5.41) is 25.8. The molecule has 1 aliphatic carbocycles. The van der Waals surface area contributed by atoms with Gasteiger partial charge in [0, 0.05) is 42.6 Å². The van der Waals surface area contributed by atoms with E-state index in [-0.39, 0.29) is 52.0 Å². The van der Waals surface area contributed by atoms with Crippen molar-refractivity contribution in [2.24, 2.45) is 5.41 Å². The van der Waals surface area contributed by atoms with Gasteiger partial charge in [0.15, 0.2) is 5.83 Å². The summed E-state index contributed by atoms with van der Waals surface area (Å²) in [4.78, 5) is 14.3. The van der Waals surface area contributed by atoms with E-state index in [4.69, 9.17) is 24.2 Å². The average Bonchev–Trinajstić information content (AvgIpc) is 3.55. The minimum Gasteiger partial charge on any atom is -0.508 e. The number of aromatic nitrogens is 2. The molecule has 4 fully saturated rings. The number of benzene rings is 2. The number of nitrogens with one attached hydrogen (secondary N) is 1. The molecule has 51 heavy (non-hydrogen) atoms. The highest BCUT2D eigenvalue weighted by atomic mass is 19.1. The van der Waals surface area contributed by atoms with Crippen LogP contribution in [0.5, 0.6) is 11.8 Å². The Kier molecular flexibility index (Phi) is 8.99. The van der Waals surface area contributed by atoms with Crippen molar-refractivity contribution in [3.8, 4) is 11.8 Å². The second-order valence-corrected chi connectivity index (χ2v) is 15.7. The van der Waals surface area contributed by atoms with E-state index < -0.39 is 23.3 Å². The molecule has 0 amide bonds. The van der Waals surface area contributed by atoms with Crippen molar-refractivity contribution >= 4 is 28.3 Å². The van der Waals surface area contributed by atoms with Crippen molar-refractivity contribution < 1.29 is 33.2 Å². The molecule has 2 aromatic carbocycles. The number of ether oxygens (including phenoxy) is 3. The molecule has 10 nitrogen and oxygen atoms in total. The molecule has 5 heterocycles. The molecule has 1 aromatic heterocycles. The number of hydrogen-bond donors (Lipinski definition) is 3. The minimum absolute atomic E-state index is 0.0180. The highest BCUT2D eigenvalue weighted by molar-refractivity contribution is 5.89. The lowest BCUT2D eigenvalue weighted by molar-refractivity contribution is -0.0701. The van der Waals surface area contributed by atoms with Crippen LogP contribution in [0.3, 0.4) is 0 Å². The second-order valence-electron chi connectivity index (χ2n) is 15.7. The van der Waals surface area contributed by atoms with Crippen LogP contribution < -0.4 is 25.5 Å². The number of nitrogens with zero attached hydrogens (tertiary/aromatic N) is 4. The third kappa shape index (κ3) is 6.27. The Morgan fingerprint density at radius 1 is 1.08 bits per heavy atom. The largest absolute Gasteiger partial charge is 0.508 e. The Hall–Kier alpha value is -3.74. The molecule has 5 aliphatic rings. The number of rotatable bonds is 7. The molecular weight excluding hydrogens is 656 g/mol. The Bertz CT molecular complexity index is 1940. The lowest BCUT2D eigenvalue weighted by Gasteiger charge is -2.50. The molecule has 3 N–H and O–H groups in total. The van der Waals surface area contributed by atoms with Crippen LogP contribution >= 0.6 is 0 Å². The SMILES string of the molecule is COC1=c2c(N3CCC[C@@](C)(O)C3)nc(OC[C@]34CCCC3N(C3CCO[C@@H](C)C3)CCC4)nc2=C(F)C(c2cc(O)cc3cccc(F)c23)N1. The third-order valence-electron chi connectivity index (χ3n) is 12.0. The summed E-state index contributed by atoms with van der Waals surface area (Å²) in [5.41, 5.74) is -0.831. The number of methoxy groups -OCH3 is 1. The number of anilines is 1. The van der Waals surface area contributed by atoms with Gasteiger partial charge in [-0.25, -0.2) is 8.78 Å². The van der Waals surface area contributed by atoms with E-state index in [2.05, 4.69) is 17.1 Å². The number of phenols is 1. The van der Waals surface area contributed by atoms with E-state index >= 15 is 8.78 Å². The molecule has 0 radical (unpaired) electrons. The zero-order valence-corrected chi connectivity index (χ0v) is 29.8. The standard InChI is InChI=1S/C39H49F2N5O5/c1-23-18-25(11-17-50-23)46-16-7-14-39(13-5-10-29(39)46)22-51-37-43-34-31(35(44-37)45-15-6-12-38(2,48)21-45)36(49-3)42-33(32(34)41)27-20-26(47)19-24-8-4-9-28(40)30(24)27/h4,8-9,19-20,23,25,29,33,42,47-48H,5-7,10-18,21-22H2,1-3H3/t23-,25?,29?,33?,38+,39+/m0/s1. The maximum atomic E-state index is 17.2. The number of piperidine rings is 2. The van der Waals surface area contributed by atoms with Gasteiger partial charge in [-0.1, -0.05) is 18.6 Å². The Morgan fingerprint density at radius 3 is 2.71 bits per heavy atom. The molecule has 0 bridgehead atoms. The molecule has 3 saturated heterocycles. The zero-order valence-electron chi connectivity index (χ0n) is 29.8. The van der Waals surface area contributed by atoms with E-state index in [1.54, 1.807) is 19.1 Å². The van der Waals surface area contributed by atoms with Crippen LogP contribution in [-0.2, 0) is 9.47 Å². The lowest BCUT2D eigenvalue weighted by atomic mass is 9.74. The quantitative estimate of drug-likeness (QED) is 0.324. The highest BCUT2D eigenvalue weighted by Crippen LogP contribution is 2.49. The topological polar surface area (TPSA) is 112 Å². The van der Waals surface area contributed by atoms with Crippen LogP contribution in [0.4, 0.5) is 14.6 Å². The van der Waals surface area contributed by atoms with Gasteiger partial charge >= 0.3 is 6.01 Å². The molecule has 6 atom stereocenters. The van der Waals surface area contributed by atoms with Crippen LogP contribution in [0.15, 0.2) is 30.3 Å². The minimum atomic E-state index is -1.22. The number of aromatic hydroxyl groups is 1. The number of aliphatic hydroxyl groups is 1. The number of fused-ring (bicyclic) bond motifs is 3. The Balaban J connectivity index is 1.22. The summed E-state index contributed by atoms with van der Waals surface area (Å²) in [5.74, 6) is -0.715. The van der Waals surface area contributed by atoms with Crippen LogP contribution in [-0.4, -0.2) is 88.8 Å². The molecule has 8 rings (SSSR count). The first-order chi connectivity index (χ1) is 24.6. The fourth-order valence-electron chi connectivity index (χ4n) is 9.77. The predicted octanol–water partition coefficient (Wildman–Crippen LogP) is 4.54. The van der Waals surface area contributed by atoms with Gasteiger partial charge in [0.1, 0.15) is 34.0 Å². The summed E-state index contributed by atoms with van der Waals surface area (Å²) in [6.45, 7) is 7.11. The molecular formula is C39H49F2N5O5. The maximum Gasteiger partial charge on any atom is 0.319 e. The fraction of sp³-hybridized carbons (Fsp3) is 0.590. The lowest BCUT2D eigenvalue weighted by Crippen LogP contribution is -2.57. The van der Waals surface area contributed by atoms with Gasteiger partial charge in [-0.15, -0.1) is 0 Å². The second kappa shape index (κ2) is 13.3. The molecule has 12 heteroatoms. The van der Waals surface area contributed by atoms with Crippen LogP contribution in [0.2, 0.25) is 0 Å². The number of phenolic OH excluding ortho intramolecular Hbond substituents is 1. The molecule has 4 aliphatic heterocycles. The maximum absolute atomic E-state index is 17.2. The molecule has 3 aromatic rings. The van der Waals surface area contributed by atoms with Gasteiger partial charge in [0.2, 0.25) is 5.88 Å². The number of likely N-dealkylation sites (tertiary alicyclic amines) is 1. The van der Waals surface area contributed by atoms with Gasteiger partial charge in [-0.2, -0.15) is 9.97 Å². The highest BCUT2D eigenvalue weighted by Gasteiger charge is 2.50. The van der Waals surface area contributed by atoms with Crippen molar-refractivity contribution in [3.63, 3.8) is 0 Å². The monoisotopic (exact) mass is 705 g/mol. The van der Waals surface area contributed by atoms with E-state index in [9.17, 15) is 10.2 Å². The van der Waals surface area contributed by atoms with E-state index in [1.165, 1.54) is 25.3 Å². The number of hydrogen-bond acceptors (Lipinski definition) is 10. The first-order valence-corrected chi connectivity index (χ1v) is 18.6. The van der Waals surface area contributed by atoms with Crippen molar-refractivity contribution in [3.05, 3.63) is 52.3 Å². The summed E-state index contributed by atoms with van der Waals surface area (Å²) in [6.07, 6.45) is 9.08. The average molecular weight is 706 g/mol. The van der Waals surface area contributed by atoms with Crippen LogP contribution in [0, 0.1) is 11.2 Å². The third-order valence-corrected chi connectivity index (χ3v) is 12.0. The van der Waals surface area contributed by atoms with E-state index in [0.717, 1.165) is 58.1 Å². The van der Waals surface area contributed by atoms with Gasteiger partial charge < -0.3 is 34.6 Å². The zero-order chi connectivity index (χ0) is 35.5. The molecule has 0 spiro atoms. The molecule has 274 valence electrons. The predicted molar refractivity (Wildman–Crippen MR) is 190 cm³/mol. The first kappa shape index (κ1) is 34.4. The summed E-state index contributed by atoms with van der Waals surface area (Å²) >= 11 is 0. The van der Waals surface area contributed by atoms with Gasteiger partial charge in [-0.05, 0) is 101 Å². The van der Waals surface area contributed by atoms with Crippen molar-refractivity contribution in [1.29, 1.82) is 0 Å².